The van der Waals surface area contributed by atoms with E-state index in [2.05, 4.69) is 39.5 Å². The molecule has 1 aliphatic rings. The van der Waals surface area contributed by atoms with Crippen LogP contribution in [0.5, 0.6) is 5.75 Å². The van der Waals surface area contributed by atoms with E-state index < -0.39 is 0 Å². The Labute approximate surface area is 161 Å². The Hall–Kier alpha value is -0.630. The molecule has 0 saturated carbocycles. The van der Waals surface area contributed by atoms with Crippen LogP contribution in [-0.4, -0.2) is 16.1 Å². The fourth-order valence-electron chi connectivity index (χ4n) is 3.29. The molecular formula is C23H40OS. The van der Waals surface area contributed by atoms with Crippen LogP contribution >= 0.6 is 11.8 Å². The third-order valence-corrected chi connectivity index (χ3v) is 6.42. The molecule has 1 aliphatic heterocycles. The number of hydrogen-bond acceptors (Lipinski definition) is 2. The second-order valence-corrected chi connectivity index (χ2v) is 9.82. The summed E-state index contributed by atoms with van der Waals surface area (Å²) in [5, 5.41) is 10.8. The van der Waals surface area contributed by atoms with Crippen LogP contribution in [0.25, 0.3) is 0 Å². The lowest BCUT2D eigenvalue weighted by atomic mass is 9.85. The molecule has 1 saturated heterocycles. The van der Waals surface area contributed by atoms with Gasteiger partial charge in [0.1, 0.15) is 5.75 Å². The van der Waals surface area contributed by atoms with Crippen LogP contribution in [0.4, 0.5) is 0 Å². The first-order valence-corrected chi connectivity index (χ1v) is 11.3. The second kappa shape index (κ2) is 11.9. The number of thioether (sulfide) groups is 1. The minimum Gasteiger partial charge on any atom is -0.507 e. The van der Waals surface area contributed by atoms with Gasteiger partial charge < -0.3 is 5.11 Å². The Morgan fingerprint density at radius 2 is 1.76 bits per heavy atom. The zero-order chi connectivity index (χ0) is 18.7. The van der Waals surface area contributed by atoms with Gasteiger partial charge >= 0.3 is 0 Å². The lowest BCUT2D eigenvalue weighted by Gasteiger charge is -2.20. The highest BCUT2D eigenvalue weighted by atomic mass is 32.2. The highest BCUT2D eigenvalue weighted by Crippen LogP contribution is 2.32. The highest BCUT2D eigenvalue weighted by molar-refractivity contribution is 8.00. The summed E-state index contributed by atoms with van der Waals surface area (Å²) in [7, 11) is 0. The third kappa shape index (κ3) is 9.03. The summed E-state index contributed by atoms with van der Waals surface area (Å²) in [6.45, 7) is 10.5. The van der Waals surface area contributed by atoms with Crippen molar-refractivity contribution in [2.75, 3.05) is 5.75 Å². The molecule has 1 N–H and O–H groups in total. The van der Waals surface area contributed by atoms with Crippen molar-refractivity contribution in [3.8, 4) is 5.75 Å². The Bertz CT molecular complexity index is 469. The van der Waals surface area contributed by atoms with E-state index in [-0.39, 0.29) is 5.41 Å². The van der Waals surface area contributed by atoms with Crippen molar-refractivity contribution in [3.63, 3.8) is 0 Å². The summed E-state index contributed by atoms with van der Waals surface area (Å²) in [6.07, 6.45) is 13.2. The Morgan fingerprint density at radius 1 is 1.08 bits per heavy atom. The summed E-state index contributed by atoms with van der Waals surface area (Å²) < 4.78 is 0. The van der Waals surface area contributed by atoms with Gasteiger partial charge in [-0.15, -0.1) is 0 Å². The zero-order valence-electron chi connectivity index (χ0n) is 17.2. The number of rotatable bonds is 7. The summed E-state index contributed by atoms with van der Waals surface area (Å²) >= 11 is 2.21. The van der Waals surface area contributed by atoms with Crippen molar-refractivity contribution < 1.29 is 5.11 Å². The minimum absolute atomic E-state index is 0.0239. The summed E-state index contributed by atoms with van der Waals surface area (Å²) in [5.74, 6) is 1.87. The molecule has 0 spiro atoms. The smallest absolute Gasteiger partial charge is 0.122 e. The van der Waals surface area contributed by atoms with E-state index in [0.29, 0.717) is 5.75 Å². The average Bonchev–Trinajstić information content (AvgIpc) is 3.06. The molecule has 1 fully saturated rings. The topological polar surface area (TPSA) is 20.2 Å². The molecule has 25 heavy (non-hydrogen) atoms. The van der Waals surface area contributed by atoms with Crippen LogP contribution in [0.15, 0.2) is 18.2 Å². The first-order chi connectivity index (χ1) is 11.9. The largest absolute Gasteiger partial charge is 0.507 e. The molecule has 1 heterocycles. The van der Waals surface area contributed by atoms with E-state index in [1.807, 2.05) is 25.1 Å². The zero-order valence-corrected chi connectivity index (χ0v) is 18.1. The molecule has 0 bridgehead atoms. The van der Waals surface area contributed by atoms with Gasteiger partial charge in [-0.1, -0.05) is 84.4 Å². The van der Waals surface area contributed by atoms with Crippen molar-refractivity contribution in [1.29, 1.82) is 0 Å². The van der Waals surface area contributed by atoms with Crippen LogP contribution in [0.2, 0.25) is 0 Å². The predicted molar refractivity (Wildman–Crippen MR) is 115 cm³/mol. The maximum absolute atomic E-state index is 9.73. The van der Waals surface area contributed by atoms with Crippen LogP contribution in [-0.2, 0) is 5.41 Å². The maximum atomic E-state index is 9.73. The van der Waals surface area contributed by atoms with Gasteiger partial charge in [-0.05, 0) is 48.5 Å². The summed E-state index contributed by atoms with van der Waals surface area (Å²) in [6, 6.07) is 5.88. The number of para-hydroxylation sites is 1. The molecule has 2 heteroatoms. The van der Waals surface area contributed by atoms with Crippen molar-refractivity contribution >= 4 is 11.8 Å². The lowest BCUT2D eigenvalue weighted by molar-refractivity contribution is 0.443. The molecule has 0 amide bonds. The van der Waals surface area contributed by atoms with Crippen LogP contribution in [0.3, 0.4) is 0 Å². The minimum atomic E-state index is 0.0239. The van der Waals surface area contributed by atoms with Crippen LogP contribution in [0.1, 0.15) is 96.6 Å². The normalized spacial score (nSPS) is 17.2. The van der Waals surface area contributed by atoms with Gasteiger partial charge in [0.15, 0.2) is 0 Å². The fraction of sp³-hybridized carbons (Fsp3) is 0.739. The number of hydrogen-bond donors (Lipinski definition) is 1. The Kier molecular flexibility index (Phi) is 10.7. The molecule has 0 aliphatic carbocycles. The number of phenols is 1. The van der Waals surface area contributed by atoms with Gasteiger partial charge in [0.2, 0.25) is 0 Å². The van der Waals surface area contributed by atoms with Gasteiger partial charge in [-0.2, -0.15) is 11.8 Å². The van der Waals surface area contributed by atoms with E-state index >= 15 is 0 Å². The monoisotopic (exact) mass is 364 g/mol. The van der Waals surface area contributed by atoms with E-state index in [1.165, 1.54) is 63.5 Å². The van der Waals surface area contributed by atoms with E-state index in [4.69, 9.17) is 0 Å². The summed E-state index contributed by atoms with van der Waals surface area (Å²) in [4.78, 5) is 0. The molecule has 1 aromatic carbocycles. The van der Waals surface area contributed by atoms with Crippen molar-refractivity contribution in [3.05, 3.63) is 29.3 Å². The highest BCUT2D eigenvalue weighted by Gasteiger charge is 2.18. The first-order valence-electron chi connectivity index (χ1n) is 10.3. The fourth-order valence-corrected chi connectivity index (χ4v) is 4.62. The maximum Gasteiger partial charge on any atom is 0.122 e. The van der Waals surface area contributed by atoms with E-state index in [0.717, 1.165) is 16.4 Å². The quantitative estimate of drug-likeness (QED) is 0.502. The number of phenolic OH excluding ortho intramolecular Hbond substituents is 1. The molecule has 0 aromatic heterocycles. The molecular weight excluding hydrogens is 324 g/mol. The molecule has 1 unspecified atom stereocenters. The van der Waals surface area contributed by atoms with Gasteiger partial charge in [0.25, 0.3) is 0 Å². The number of aromatic hydroxyl groups is 1. The van der Waals surface area contributed by atoms with Gasteiger partial charge in [-0.3, -0.25) is 0 Å². The van der Waals surface area contributed by atoms with Crippen molar-refractivity contribution in [1.82, 2.24) is 0 Å². The van der Waals surface area contributed by atoms with Gasteiger partial charge in [0.05, 0.1) is 0 Å². The lowest BCUT2D eigenvalue weighted by Crippen LogP contribution is -2.11. The molecule has 1 atom stereocenters. The standard InChI is InChI=1S/C12H24S.C11H16O/c1-2-3-4-5-6-7-9-12-10-8-11-13-12;1-8-6-5-7-9(10(8)12)11(2,3)4/h12H,2-11H2,1H3;5-7,12H,1-4H3. The molecule has 1 nitrogen and oxygen atoms in total. The number of unbranched alkanes of at least 4 members (excludes halogenated alkanes) is 5. The second-order valence-electron chi connectivity index (χ2n) is 8.41. The van der Waals surface area contributed by atoms with E-state index in [1.54, 1.807) is 0 Å². The Balaban J connectivity index is 0.000000251. The van der Waals surface area contributed by atoms with Crippen LogP contribution in [0, 0.1) is 6.92 Å². The van der Waals surface area contributed by atoms with E-state index in [9.17, 15) is 5.11 Å². The molecule has 2 rings (SSSR count). The van der Waals surface area contributed by atoms with Crippen LogP contribution < -0.4 is 0 Å². The summed E-state index contributed by atoms with van der Waals surface area (Å²) in [5.41, 5.74) is 1.99. The first kappa shape index (κ1) is 22.4. The van der Waals surface area contributed by atoms with Gasteiger partial charge in [0, 0.05) is 5.25 Å². The van der Waals surface area contributed by atoms with Crippen molar-refractivity contribution in [2.45, 2.75) is 103 Å². The SMILES string of the molecule is CCCCCCCCC1CCCS1.Cc1cccc(C(C)(C)C)c1O. The predicted octanol–water partition coefficient (Wildman–Crippen LogP) is 7.63. The van der Waals surface area contributed by atoms with Gasteiger partial charge in [-0.25, -0.2) is 0 Å². The third-order valence-electron chi connectivity index (χ3n) is 4.95. The van der Waals surface area contributed by atoms with Crippen molar-refractivity contribution in [2.24, 2.45) is 0 Å². The Morgan fingerprint density at radius 3 is 2.32 bits per heavy atom. The molecule has 1 aromatic rings. The molecule has 144 valence electrons. The number of aryl methyl sites for hydroxylation is 1. The number of benzene rings is 1. The average molecular weight is 365 g/mol. The molecule has 0 radical (unpaired) electrons.